The topological polar surface area (TPSA) is 98.8 Å². The molecule has 0 spiro atoms. The van der Waals surface area contributed by atoms with Gasteiger partial charge >= 0.3 is 0 Å². The second kappa shape index (κ2) is 7.89. The number of hydrogen-bond donors (Lipinski definition) is 1. The van der Waals surface area contributed by atoms with Crippen LogP contribution in [0.25, 0.3) is 17.1 Å². The molecule has 0 aliphatic carbocycles. The number of nitro benzene ring substituents is 1. The van der Waals surface area contributed by atoms with E-state index >= 15 is 0 Å². The number of rotatable bonds is 6. The number of nitrogens with one attached hydrogen (secondary N) is 1. The molecule has 8 nitrogen and oxygen atoms in total. The normalized spacial score (nSPS) is 10.7. The van der Waals surface area contributed by atoms with E-state index < -0.39 is 4.92 Å². The van der Waals surface area contributed by atoms with Crippen molar-refractivity contribution in [2.75, 3.05) is 5.32 Å². The van der Waals surface area contributed by atoms with E-state index in [0.29, 0.717) is 23.8 Å². The van der Waals surface area contributed by atoms with Crippen LogP contribution < -0.4 is 5.32 Å². The first-order valence-electron chi connectivity index (χ1n) is 9.02. The van der Waals surface area contributed by atoms with Crippen LogP contribution in [0.4, 0.5) is 11.5 Å². The molecule has 0 radical (unpaired) electrons. The van der Waals surface area contributed by atoms with Crippen molar-refractivity contribution in [2.24, 2.45) is 0 Å². The van der Waals surface area contributed by atoms with Gasteiger partial charge in [-0.1, -0.05) is 30.3 Å². The number of nitro groups is 1. The summed E-state index contributed by atoms with van der Waals surface area (Å²) in [7, 11) is 0. The van der Waals surface area contributed by atoms with Gasteiger partial charge in [0.05, 0.1) is 10.6 Å². The highest BCUT2D eigenvalue weighted by atomic mass is 16.6. The lowest BCUT2D eigenvalue weighted by Gasteiger charge is -2.12. The fourth-order valence-corrected chi connectivity index (χ4v) is 3.03. The lowest BCUT2D eigenvalue weighted by atomic mass is 10.1. The zero-order valence-electron chi connectivity index (χ0n) is 15.7. The van der Waals surface area contributed by atoms with Gasteiger partial charge in [0.25, 0.3) is 5.69 Å². The Bertz CT molecular complexity index is 1160. The van der Waals surface area contributed by atoms with Crippen molar-refractivity contribution in [1.29, 1.82) is 0 Å². The number of nitrogens with zero attached hydrogens (tertiary/aromatic N) is 5. The van der Waals surface area contributed by atoms with Crippen molar-refractivity contribution in [3.05, 3.63) is 94.4 Å². The Morgan fingerprint density at radius 1 is 1.07 bits per heavy atom. The van der Waals surface area contributed by atoms with Gasteiger partial charge in [0.15, 0.2) is 5.82 Å². The second-order valence-electron chi connectivity index (χ2n) is 6.46. The third kappa shape index (κ3) is 4.11. The number of para-hydroxylation sites is 1. The Balaban J connectivity index is 1.60. The van der Waals surface area contributed by atoms with Gasteiger partial charge in [-0.05, 0) is 24.6 Å². The van der Waals surface area contributed by atoms with E-state index in [2.05, 4.69) is 20.4 Å². The number of anilines is 1. The second-order valence-corrected chi connectivity index (χ2v) is 6.46. The van der Waals surface area contributed by atoms with Gasteiger partial charge in [0.1, 0.15) is 5.82 Å². The quantitative estimate of drug-likeness (QED) is 0.395. The summed E-state index contributed by atoms with van der Waals surface area (Å²) in [5, 5.41) is 18.7. The smallest absolute Gasteiger partial charge is 0.270 e. The highest BCUT2D eigenvalue weighted by molar-refractivity contribution is 5.61. The van der Waals surface area contributed by atoms with E-state index in [9.17, 15) is 10.1 Å². The molecule has 29 heavy (non-hydrogen) atoms. The Morgan fingerprint density at radius 3 is 2.72 bits per heavy atom. The molecule has 2 heterocycles. The molecule has 0 amide bonds. The molecular weight excluding hydrogens is 368 g/mol. The lowest BCUT2D eigenvalue weighted by Crippen LogP contribution is -2.07. The molecule has 2 aromatic carbocycles. The van der Waals surface area contributed by atoms with Gasteiger partial charge in [0, 0.05) is 48.4 Å². The number of aryl methyl sites for hydroxylation is 1. The van der Waals surface area contributed by atoms with Crippen molar-refractivity contribution in [3.8, 4) is 17.1 Å². The zero-order chi connectivity index (χ0) is 20.2. The summed E-state index contributed by atoms with van der Waals surface area (Å²) in [6.07, 6.45) is 3.64. The zero-order valence-corrected chi connectivity index (χ0v) is 15.7. The molecule has 0 saturated carbocycles. The molecule has 0 unspecified atom stereocenters. The third-order valence-electron chi connectivity index (χ3n) is 4.37. The highest BCUT2D eigenvalue weighted by Crippen LogP contribution is 2.23. The van der Waals surface area contributed by atoms with Gasteiger partial charge < -0.3 is 5.32 Å². The van der Waals surface area contributed by atoms with Gasteiger partial charge in [-0.25, -0.2) is 14.6 Å². The van der Waals surface area contributed by atoms with Crippen LogP contribution in [0.5, 0.6) is 0 Å². The van der Waals surface area contributed by atoms with Crippen LogP contribution in [0, 0.1) is 17.0 Å². The lowest BCUT2D eigenvalue weighted by molar-refractivity contribution is -0.384. The van der Waals surface area contributed by atoms with E-state index in [1.54, 1.807) is 18.3 Å². The van der Waals surface area contributed by atoms with Crippen LogP contribution in [0.2, 0.25) is 0 Å². The van der Waals surface area contributed by atoms with Gasteiger partial charge in [-0.15, -0.1) is 0 Å². The molecule has 144 valence electrons. The summed E-state index contributed by atoms with van der Waals surface area (Å²) in [5.74, 6) is 1.09. The maximum Gasteiger partial charge on any atom is 0.270 e. The largest absolute Gasteiger partial charge is 0.366 e. The molecular formula is C21H18N6O2. The fraction of sp³-hybridized carbons (Fsp3) is 0.0952. The van der Waals surface area contributed by atoms with Crippen LogP contribution >= 0.6 is 0 Å². The monoisotopic (exact) mass is 386 g/mol. The molecule has 0 fully saturated rings. The van der Waals surface area contributed by atoms with Crippen molar-refractivity contribution in [2.45, 2.75) is 13.5 Å². The highest BCUT2D eigenvalue weighted by Gasteiger charge is 2.11. The first-order valence-corrected chi connectivity index (χ1v) is 9.02. The van der Waals surface area contributed by atoms with E-state index in [0.717, 1.165) is 16.9 Å². The van der Waals surface area contributed by atoms with E-state index in [1.165, 1.54) is 12.1 Å². The summed E-state index contributed by atoms with van der Waals surface area (Å²) in [6.45, 7) is 2.41. The van der Waals surface area contributed by atoms with Gasteiger partial charge in [-0.3, -0.25) is 10.1 Å². The van der Waals surface area contributed by atoms with E-state index in [1.807, 2.05) is 54.2 Å². The van der Waals surface area contributed by atoms with Gasteiger partial charge in [-0.2, -0.15) is 5.10 Å². The fourth-order valence-electron chi connectivity index (χ4n) is 3.03. The summed E-state index contributed by atoms with van der Waals surface area (Å²) in [6, 6.07) is 18.0. The number of aromatic nitrogens is 4. The van der Waals surface area contributed by atoms with Crippen molar-refractivity contribution in [1.82, 2.24) is 19.7 Å². The number of benzene rings is 2. The molecule has 0 saturated heterocycles. The summed E-state index contributed by atoms with van der Waals surface area (Å²) < 4.78 is 1.82. The SMILES string of the molecule is Cc1cc(NCc2ccccc2-n2cccn2)nc(-c2cccc([N+](=O)[O-])c2)n1. The minimum atomic E-state index is -0.426. The predicted molar refractivity (Wildman–Crippen MR) is 110 cm³/mol. The van der Waals surface area contributed by atoms with Crippen molar-refractivity contribution < 1.29 is 4.92 Å². The molecule has 4 rings (SSSR count). The third-order valence-corrected chi connectivity index (χ3v) is 4.37. The maximum atomic E-state index is 11.1. The Morgan fingerprint density at radius 2 is 1.93 bits per heavy atom. The summed E-state index contributed by atoms with van der Waals surface area (Å²) >= 11 is 0. The first-order chi connectivity index (χ1) is 14.1. The van der Waals surface area contributed by atoms with E-state index in [4.69, 9.17) is 0 Å². The number of non-ortho nitro benzene ring substituents is 1. The molecule has 2 aromatic heterocycles. The van der Waals surface area contributed by atoms with Crippen LogP contribution in [0.1, 0.15) is 11.3 Å². The van der Waals surface area contributed by atoms with Crippen molar-refractivity contribution in [3.63, 3.8) is 0 Å². The molecule has 0 bridgehead atoms. The van der Waals surface area contributed by atoms with Gasteiger partial charge in [0.2, 0.25) is 0 Å². The Kier molecular flexibility index (Phi) is 4.98. The van der Waals surface area contributed by atoms with Crippen LogP contribution in [0.3, 0.4) is 0 Å². The van der Waals surface area contributed by atoms with Crippen LogP contribution in [0.15, 0.2) is 73.1 Å². The first kappa shape index (κ1) is 18.3. The Hall–Kier alpha value is -4.07. The molecule has 1 N–H and O–H groups in total. The average molecular weight is 386 g/mol. The molecule has 8 heteroatoms. The minimum absolute atomic E-state index is 0.00950. The molecule has 0 aliphatic rings. The minimum Gasteiger partial charge on any atom is -0.366 e. The number of hydrogen-bond acceptors (Lipinski definition) is 6. The summed E-state index contributed by atoms with van der Waals surface area (Å²) in [5.41, 5.74) is 3.42. The van der Waals surface area contributed by atoms with E-state index in [-0.39, 0.29) is 5.69 Å². The summed E-state index contributed by atoms with van der Waals surface area (Å²) in [4.78, 5) is 19.6. The maximum absolute atomic E-state index is 11.1. The predicted octanol–water partition coefficient (Wildman–Crippen LogP) is 4.16. The molecule has 0 atom stereocenters. The van der Waals surface area contributed by atoms with Crippen LogP contribution in [-0.4, -0.2) is 24.7 Å². The Labute approximate surface area is 167 Å². The molecule has 4 aromatic rings. The van der Waals surface area contributed by atoms with Crippen LogP contribution in [-0.2, 0) is 6.54 Å². The standard InChI is InChI=1S/C21H18N6O2/c1-15-12-20(25-21(24-15)16-7-4-8-18(13-16)27(28)29)22-14-17-6-2-3-9-19(17)26-11-5-10-23-26/h2-13H,14H2,1H3,(H,22,24,25). The molecule has 0 aliphatic heterocycles. The van der Waals surface area contributed by atoms with Crippen molar-refractivity contribution >= 4 is 11.5 Å². The average Bonchev–Trinajstić information content (AvgIpc) is 3.27.